The predicted molar refractivity (Wildman–Crippen MR) is 82.8 cm³/mol. The van der Waals surface area contributed by atoms with E-state index in [2.05, 4.69) is 11.1 Å². The average Bonchev–Trinajstić information content (AvgIpc) is 2.74. The maximum Gasteiger partial charge on any atom is 0.346 e. The van der Waals surface area contributed by atoms with Crippen molar-refractivity contribution in [1.29, 1.82) is 0 Å². The van der Waals surface area contributed by atoms with E-state index < -0.39 is 5.97 Å². The molecule has 0 fully saturated rings. The van der Waals surface area contributed by atoms with Gasteiger partial charge in [0.2, 0.25) is 0 Å². The zero-order valence-corrected chi connectivity index (χ0v) is 12.4. The molecule has 1 aromatic carbocycles. The highest BCUT2D eigenvalue weighted by Crippen LogP contribution is 2.39. The number of hydrogen-bond acceptors (Lipinski definition) is 3. The van der Waals surface area contributed by atoms with E-state index in [0.717, 1.165) is 26.7 Å². The molecule has 0 aliphatic rings. The van der Waals surface area contributed by atoms with Crippen molar-refractivity contribution in [2.45, 2.75) is 26.2 Å². The zero-order valence-electron chi connectivity index (χ0n) is 11.6. The first-order valence-electron chi connectivity index (χ1n) is 6.44. The van der Waals surface area contributed by atoms with Crippen LogP contribution >= 0.6 is 11.3 Å². The number of rotatable bonds is 1. The Morgan fingerprint density at radius 1 is 1.25 bits per heavy atom. The Balaban J connectivity index is 2.47. The van der Waals surface area contributed by atoms with Crippen LogP contribution in [0.15, 0.2) is 30.3 Å². The normalized spacial score (nSPS) is 12.2. The number of carboxylic acid groups (broad SMARTS) is 1. The van der Waals surface area contributed by atoms with Crippen molar-refractivity contribution in [3.8, 4) is 0 Å². The summed E-state index contributed by atoms with van der Waals surface area (Å²) in [5, 5.41) is 11.4. The molecular formula is C16H15NO2S. The fourth-order valence-electron chi connectivity index (χ4n) is 2.52. The van der Waals surface area contributed by atoms with Gasteiger partial charge in [0.05, 0.1) is 5.52 Å². The van der Waals surface area contributed by atoms with Crippen molar-refractivity contribution >= 4 is 38.4 Å². The predicted octanol–water partition coefficient (Wildman–Crippen LogP) is 4.45. The third-order valence-corrected chi connectivity index (χ3v) is 4.42. The number of benzene rings is 1. The second-order valence-corrected chi connectivity index (χ2v) is 6.89. The number of aromatic nitrogens is 1. The van der Waals surface area contributed by atoms with E-state index >= 15 is 0 Å². The number of nitrogens with zero attached hydrogens (tertiary/aromatic N) is 1. The number of aromatic carboxylic acids is 1. The number of carboxylic acids is 1. The molecule has 102 valence electrons. The van der Waals surface area contributed by atoms with E-state index in [9.17, 15) is 9.90 Å². The van der Waals surface area contributed by atoms with Gasteiger partial charge >= 0.3 is 5.97 Å². The Hall–Kier alpha value is -1.94. The van der Waals surface area contributed by atoms with Crippen molar-refractivity contribution in [2.24, 2.45) is 0 Å². The van der Waals surface area contributed by atoms with E-state index in [-0.39, 0.29) is 5.41 Å². The van der Waals surface area contributed by atoms with Gasteiger partial charge < -0.3 is 5.11 Å². The van der Waals surface area contributed by atoms with Crippen molar-refractivity contribution in [2.75, 3.05) is 0 Å². The largest absolute Gasteiger partial charge is 0.477 e. The van der Waals surface area contributed by atoms with Crippen LogP contribution in [-0.2, 0) is 5.41 Å². The molecule has 3 aromatic rings. The Morgan fingerprint density at radius 3 is 2.60 bits per heavy atom. The topological polar surface area (TPSA) is 50.2 Å². The SMILES string of the molecule is CC(C)(C)c1c(C(=O)O)sc2nc3ccccc3cc12. The highest BCUT2D eigenvalue weighted by molar-refractivity contribution is 7.20. The quantitative estimate of drug-likeness (QED) is 0.719. The molecule has 3 nitrogen and oxygen atoms in total. The van der Waals surface area contributed by atoms with Gasteiger partial charge in [0.25, 0.3) is 0 Å². The molecule has 4 heteroatoms. The summed E-state index contributed by atoms with van der Waals surface area (Å²) in [4.78, 5) is 17.3. The van der Waals surface area contributed by atoms with Crippen LogP contribution < -0.4 is 0 Å². The summed E-state index contributed by atoms with van der Waals surface area (Å²) in [6, 6.07) is 9.92. The lowest BCUT2D eigenvalue weighted by Gasteiger charge is -2.19. The monoisotopic (exact) mass is 285 g/mol. The zero-order chi connectivity index (χ0) is 14.5. The second-order valence-electron chi connectivity index (χ2n) is 5.90. The number of hydrogen-bond donors (Lipinski definition) is 1. The summed E-state index contributed by atoms with van der Waals surface area (Å²) in [6.07, 6.45) is 0. The van der Waals surface area contributed by atoms with Gasteiger partial charge in [-0.1, -0.05) is 39.0 Å². The van der Waals surface area contributed by atoms with Gasteiger partial charge in [-0.05, 0) is 23.1 Å². The Bertz CT molecular complexity index is 827. The molecule has 1 N–H and O–H groups in total. The molecule has 0 spiro atoms. The summed E-state index contributed by atoms with van der Waals surface area (Å²) in [7, 11) is 0. The molecule has 0 radical (unpaired) electrons. The van der Waals surface area contributed by atoms with Crippen LogP contribution in [0.3, 0.4) is 0 Å². The number of para-hydroxylation sites is 1. The van der Waals surface area contributed by atoms with Gasteiger partial charge in [0.1, 0.15) is 9.71 Å². The first-order chi connectivity index (χ1) is 9.38. The molecule has 2 heterocycles. The molecule has 3 rings (SSSR count). The molecular weight excluding hydrogens is 270 g/mol. The lowest BCUT2D eigenvalue weighted by Crippen LogP contribution is -2.14. The first-order valence-corrected chi connectivity index (χ1v) is 7.25. The van der Waals surface area contributed by atoms with Crippen LogP contribution in [0.4, 0.5) is 0 Å². The van der Waals surface area contributed by atoms with Crippen LogP contribution in [-0.4, -0.2) is 16.1 Å². The maximum absolute atomic E-state index is 11.5. The van der Waals surface area contributed by atoms with Gasteiger partial charge in [-0.3, -0.25) is 0 Å². The molecule has 2 aromatic heterocycles. The van der Waals surface area contributed by atoms with E-state index in [1.165, 1.54) is 11.3 Å². The second kappa shape index (κ2) is 4.28. The minimum absolute atomic E-state index is 0.226. The van der Waals surface area contributed by atoms with E-state index in [1.807, 2.05) is 45.0 Å². The standard InChI is InChI=1S/C16H15NO2S/c1-16(2,3)12-10-8-9-6-4-5-7-11(9)17-14(10)20-13(12)15(18)19/h4-8H,1-3H3,(H,18,19). The fraction of sp³-hybridized carbons (Fsp3) is 0.250. The van der Waals surface area contributed by atoms with Crippen molar-refractivity contribution in [3.63, 3.8) is 0 Å². The summed E-state index contributed by atoms with van der Waals surface area (Å²) in [5.41, 5.74) is 1.55. The van der Waals surface area contributed by atoms with Crippen LogP contribution in [0, 0.1) is 0 Å². The molecule has 0 saturated heterocycles. The summed E-state index contributed by atoms with van der Waals surface area (Å²) < 4.78 is 0. The molecule has 0 atom stereocenters. The molecule has 0 aliphatic heterocycles. The van der Waals surface area contributed by atoms with Gasteiger partial charge in [0.15, 0.2) is 0 Å². The number of thiophene rings is 1. The molecule has 0 amide bonds. The summed E-state index contributed by atoms with van der Waals surface area (Å²) in [6.45, 7) is 6.11. The van der Waals surface area contributed by atoms with Gasteiger partial charge in [-0.25, -0.2) is 9.78 Å². The Kier molecular flexibility index (Phi) is 2.80. The summed E-state index contributed by atoms with van der Waals surface area (Å²) >= 11 is 1.26. The number of pyridine rings is 1. The summed E-state index contributed by atoms with van der Waals surface area (Å²) in [5.74, 6) is -0.873. The van der Waals surface area contributed by atoms with Crippen molar-refractivity contribution in [1.82, 2.24) is 4.98 Å². The van der Waals surface area contributed by atoms with Gasteiger partial charge in [-0.15, -0.1) is 11.3 Å². The van der Waals surface area contributed by atoms with E-state index in [4.69, 9.17) is 0 Å². The highest BCUT2D eigenvalue weighted by atomic mass is 32.1. The van der Waals surface area contributed by atoms with Gasteiger partial charge in [0, 0.05) is 10.8 Å². The third kappa shape index (κ3) is 1.96. The van der Waals surface area contributed by atoms with E-state index in [0.29, 0.717) is 4.88 Å². The van der Waals surface area contributed by atoms with E-state index in [1.54, 1.807) is 0 Å². The van der Waals surface area contributed by atoms with Crippen LogP contribution in [0.25, 0.3) is 21.1 Å². The smallest absolute Gasteiger partial charge is 0.346 e. The van der Waals surface area contributed by atoms with Crippen LogP contribution in [0.2, 0.25) is 0 Å². The minimum atomic E-state index is -0.873. The molecule has 0 unspecified atom stereocenters. The average molecular weight is 285 g/mol. The Labute approximate surface area is 120 Å². The minimum Gasteiger partial charge on any atom is -0.477 e. The maximum atomic E-state index is 11.5. The third-order valence-electron chi connectivity index (χ3n) is 3.33. The Morgan fingerprint density at radius 2 is 1.95 bits per heavy atom. The van der Waals surface area contributed by atoms with Crippen LogP contribution in [0.1, 0.15) is 36.0 Å². The lowest BCUT2D eigenvalue weighted by molar-refractivity contribution is 0.0700. The van der Waals surface area contributed by atoms with Crippen molar-refractivity contribution in [3.05, 3.63) is 40.8 Å². The van der Waals surface area contributed by atoms with Gasteiger partial charge in [-0.2, -0.15) is 0 Å². The first kappa shape index (κ1) is 13.1. The fourth-order valence-corrected chi connectivity index (χ4v) is 3.73. The molecule has 0 bridgehead atoms. The molecule has 0 aliphatic carbocycles. The lowest BCUT2D eigenvalue weighted by atomic mass is 9.85. The number of fused-ring (bicyclic) bond motifs is 2. The number of carbonyl (C=O) groups is 1. The van der Waals surface area contributed by atoms with Crippen molar-refractivity contribution < 1.29 is 9.90 Å². The molecule has 20 heavy (non-hydrogen) atoms. The van der Waals surface area contributed by atoms with Crippen LogP contribution in [0.5, 0.6) is 0 Å². The molecule has 0 saturated carbocycles. The highest BCUT2D eigenvalue weighted by Gasteiger charge is 2.27.